The van der Waals surface area contributed by atoms with Crippen LogP contribution in [0.3, 0.4) is 0 Å². The molecule has 0 aliphatic carbocycles. The molecule has 0 aliphatic heterocycles. The molecule has 2 aromatic carbocycles. The lowest BCUT2D eigenvalue weighted by atomic mass is 10.1. The minimum atomic E-state index is -0.572. The van der Waals surface area contributed by atoms with Gasteiger partial charge in [0.05, 0.1) is 18.4 Å². The maximum atomic E-state index is 13.7. The standard InChI is InChI=1S/C15H14FNO3/c1-9-6-7-11(16)13(8-9)20-12-5-3-4-10(14(12)17)15(18)19-2/h3-8H,17H2,1-2H3. The highest BCUT2D eigenvalue weighted by Crippen LogP contribution is 2.32. The van der Waals surface area contributed by atoms with Crippen molar-refractivity contribution in [2.45, 2.75) is 6.92 Å². The molecule has 20 heavy (non-hydrogen) atoms. The highest BCUT2D eigenvalue weighted by molar-refractivity contribution is 5.96. The normalized spacial score (nSPS) is 10.2. The number of carbonyl (C=O) groups is 1. The van der Waals surface area contributed by atoms with Gasteiger partial charge in [-0.05, 0) is 36.8 Å². The summed E-state index contributed by atoms with van der Waals surface area (Å²) in [4.78, 5) is 11.5. The number of nitrogens with two attached hydrogens (primary N) is 1. The molecular weight excluding hydrogens is 261 g/mol. The van der Waals surface area contributed by atoms with Crippen molar-refractivity contribution in [2.75, 3.05) is 12.8 Å². The van der Waals surface area contributed by atoms with Gasteiger partial charge >= 0.3 is 5.97 Å². The van der Waals surface area contributed by atoms with Crippen LogP contribution in [0.4, 0.5) is 10.1 Å². The largest absolute Gasteiger partial charge is 0.465 e. The Morgan fingerprint density at radius 3 is 2.65 bits per heavy atom. The monoisotopic (exact) mass is 275 g/mol. The first-order valence-corrected chi connectivity index (χ1v) is 5.93. The molecule has 2 rings (SSSR count). The van der Waals surface area contributed by atoms with Crippen LogP contribution in [-0.4, -0.2) is 13.1 Å². The van der Waals surface area contributed by atoms with E-state index in [0.717, 1.165) is 5.56 Å². The van der Waals surface area contributed by atoms with E-state index in [2.05, 4.69) is 4.74 Å². The van der Waals surface area contributed by atoms with Crippen molar-refractivity contribution in [3.05, 3.63) is 53.3 Å². The fourth-order valence-electron chi connectivity index (χ4n) is 1.73. The molecule has 4 nitrogen and oxygen atoms in total. The molecule has 2 N–H and O–H groups in total. The molecule has 0 radical (unpaired) electrons. The lowest BCUT2D eigenvalue weighted by Gasteiger charge is -2.12. The van der Waals surface area contributed by atoms with Crippen molar-refractivity contribution in [1.82, 2.24) is 0 Å². The highest BCUT2D eigenvalue weighted by atomic mass is 19.1. The van der Waals surface area contributed by atoms with Gasteiger partial charge in [0.1, 0.15) is 0 Å². The SMILES string of the molecule is COC(=O)c1cccc(Oc2cc(C)ccc2F)c1N. The van der Waals surface area contributed by atoms with Gasteiger partial charge in [0.25, 0.3) is 0 Å². The molecule has 0 fully saturated rings. The third-order valence-electron chi connectivity index (χ3n) is 2.78. The van der Waals surface area contributed by atoms with Crippen LogP contribution in [0.15, 0.2) is 36.4 Å². The van der Waals surface area contributed by atoms with Gasteiger partial charge in [-0.1, -0.05) is 12.1 Å². The summed E-state index contributed by atoms with van der Waals surface area (Å²) >= 11 is 0. The summed E-state index contributed by atoms with van der Waals surface area (Å²) in [6.45, 7) is 1.82. The average Bonchev–Trinajstić information content (AvgIpc) is 2.44. The lowest BCUT2D eigenvalue weighted by molar-refractivity contribution is 0.0601. The molecule has 5 heteroatoms. The van der Waals surface area contributed by atoms with E-state index in [1.165, 1.54) is 19.2 Å². The summed E-state index contributed by atoms with van der Waals surface area (Å²) in [6, 6.07) is 9.16. The third kappa shape index (κ3) is 2.71. The smallest absolute Gasteiger partial charge is 0.340 e. The third-order valence-corrected chi connectivity index (χ3v) is 2.78. The summed E-state index contributed by atoms with van der Waals surface area (Å²) in [6.07, 6.45) is 0. The lowest BCUT2D eigenvalue weighted by Crippen LogP contribution is -2.06. The number of halogens is 1. The zero-order valence-corrected chi connectivity index (χ0v) is 11.1. The number of para-hydroxylation sites is 1. The second-order valence-electron chi connectivity index (χ2n) is 4.24. The Kier molecular flexibility index (Phi) is 3.89. The number of esters is 1. The van der Waals surface area contributed by atoms with Crippen molar-refractivity contribution < 1.29 is 18.7 Å². The van der Waals surface area contributed by atoms with Crippen LogP contribution in [0.1, 0.15) is 15.9 Å². The van der Waals surface area contributed by atoms with Crippen LogP contribution in [0, 0.1) is 12.7 Å². The van der Waals surface area contributed by atoms with Crippen molar-refractivity contribution in [3.63, 3.8) is 0 Å². The number of benzene rings is 2. The van der Waals surface area contributed by atoms with Crippen LogP contribution in [0.5, 0.6) is 11.5 Å². The Balaban J connectivity index is 2.39. The minimum Gasteiger partial charge on any atom is -0.465 e. The maximum absolute atomic E-state index is 13.7. The first-order chi connectivity index (χ1) is 9.52. The van der Waals surface area contributed by atoms with Gasteiger partial charge in [-0.2, -0.15) is 0 Å². The van der Waals surface area contributed by atoms with Crippen molar-refractivity contribution >= 4 is 11.7 Å². The number of aryl methyl sites for hydroxylation is 1. The summed E-state index contributed by atoms with van der Waals surface area (Å²) < 4.78 is 23.7. The molecule has 0 atom stereocenters. The van der Waals surface area contributed by atoms with Gasteiger partial charge < -0.3 is 15.2 Å². The number of hydrogen-bond acceptors (Lipinski definition) is 4. The van der Waals surface area contributed by atoms with Crippen LogP contribution in [0.25, 0.3) is 0 Å². The highest BCUT2D eigenvalue weighted by Gasteiger charge is 2.15. The van der Waals surface area contributed by atoms with Crippen LogP contribution >= 0.6 is 0 Å². The van der Waals surface area contributed by atoms with E-state index in [9.17, 15) is 9.18 Å². The predicted octanol–water partition coefficient (Wildman–Crippen LogP) is 3.30. The van der Waals surface area contributed by atoms with E-state index < -0.39 is 11.8 Å². The molecular formula is C15H14FNO3. The van der Waals surface area contributed by atoms with Crippen LogP contribution < -0.4 is 10.5 Å². The Morgan fingerprint density at radius 2 is 1.95 bits per heavy atom. The Bertz CT molecular complexity index is 656. The molecule has 2 aromatic rings. The summed E-state index contributed by atoms with van der Waals surface area (Å²) in [5.74, 6) is -0.813. The van der Waals surface area contributed by atoms with Gasteiger partial charge in [0, 0.05) is 0 Å². The van der Waals surface area contributed by atoms with Gasteiger partial charge in [0.2, 0.25) is 0 Å². The van der Waals surface area contributed by atoms with Crippen molar-refractivity contribution in [2.24, 2.45) is 0 Å². The van der Waals surface area contributed by atoms with Crippen molar-refractivity contribution in [1.29, 1.82) is 0 Å². The molecule has 0 bridgehead atoms. The number of hydrogen-bond donors (Lipinski definition) is 1. The van der Waals surface area contributed by atoms with E-state index in [0.29, 0.717) is 0 Å². The molecule has 0 spiro atoms. The Labute approximate surface area is 115 Å². The van der Waals surface area contributed by atoms with Gasteiger partial charge in [-0.15, -0.1) is 0 Å². The number of rotatable bonds is 3. The van der Waals surface area contributed by atoms with Gasteiger partial charge in [-0.25, -0.2) is 9.18 Å². The maximum Gasteiger partial charge on any atom is 0.340 e. The first-order valence-electron chi connectivity index (χ1n) is 5.93. The zero-order valence-electron chi connectivity index (χ0n) is 11.1. The number of nitrogen functional groups attached to an aromatic ring is 1. The van der Waals surface area contributed by atoms with Crippen molar-refractivity contribution in [3.8, 4) is 11.5 Å². The summed E-state index contributed by atoms with van der Waals surface area (Å²) in [5, 5.41) is 0. The second-order valence-corrected chi connectivity index (χ2v) is 4.24. The summed E-state index contributed by atoms with van der Waals surface area (Å²) in [5.41, 5.74) is 6.99. The fourth-order valence-corrected chi connectivity index (χ4v) is 1.73. The molecule has 0 unspecified atom stereocenters. The fraction of sp³-hybridized carbons (Fsp3) is 0.133. The van der Waals surface area contributed by atoms with E-state index in [4.69, 9.17) is 10.5 Å². The molecule has 0 aromatic heterocycles. The minimum absolute atomic E-state index is 0.0544. The summed E-state index contributed by atoms with van der Waals surface area (Å²) in [7, 11) is 1.26. The van der Waals surface area contributed by atoms with Crippen LogP contribution in [0.2, 0.25) is 0 Å². The number of ether oxygens (including phenoxy) is 2. The number of carbonyl (C=O) groups excluding carboxylic acids is 1. The molecule has 0 aliphatic rings. The number of methoxy groups -OCH3 is 1. The van der Waals surface area contributed by atoms with E-state index >= 15 is 0 Å². The molecule has 0 heterocycles. The van der Waals surface area contributed by atoms with Gasteiger partial charge in [0.15, 0.2) is 17.3 Å². The van der Waals surface area contributed by atoms with Gasteiger partial charge in [-0.3, -0.25) is 0 Å². The molecule has 0 saturated carbocycles. The Morgan fingerprint density at radius 1 is 1.20 bits per heavy atom. The quantitative estimate of drug-likeness (QED) is 0.689. The predicted molar refractivity (Wildman–Crippen MR) is 73.4 cm³/mol. The first kappa shape index (κ1) is 13.9. The zero-order chi connectivity index (χ0) is 14.7. The molecule has 0 amide bonds. The van der Waals surface area contributed by atoms with E-state index in [1.54, 1.807) is 24.3 Å². The average molecular weight is 275 g/mol. The van der Waals surface area contributed by atoms with E-state index in [-0.39, 0.29) is 22.7 Å². The topological polar surface area (TPSA) is 61.5 Å². The van der Waals surface area contributed by atoms with E-state index in [1.807, 2.05) is 6.92 Å². The number of anilines is 1. The molecule has 104 valence electrons. The van der Waals surface area contributed by atoms with Crippen LogP contribution in [-0.2, 0) is 4.74 Å². The molecule has 0 saturated heterocycles. The Hall–Kier alpha value is -2.56. The second kappa shape index (κ2) is 5.61.